The molecule has 2 fully saturated rings. The molecule has 3 rings (SSSR count). The number of nitrogens with zero attached hydrogens (tertiary/aromatic N) is 3. The molecule has 32 heavy (non-hydrogen) atoms. The normalized spacial score (nSPS) is 19.5. The molecule has 0 bridgehead atoms. The molecule has 8 nitrogen and oxygen atoms in total. The number of benzene rings is 1. The van der Waals surface area contributed by atoms with Gasteiger partial charge in [-0.3, -0.25) is 9.69 Å². The van der Waals surface area contributed by atoms with E-state index in [0.717, 1.165) is 5.56 Å². The first-order valence-corrected chi connectivity index (χ1v) is 11.3. The van der Waals surface area contributed by atoms with Crippen LogP contribution < -0.4 is 0 Å². The average molecular weight is 462 g/mol. The number of carbonyl (C=O) groups is 3. The molecule has 1 aromatic carbocycles. The van der Waals surface area contributed by atoms with Crippen molar-refractivity contribution in [2.45, 2.75) is 51.9 Å². The van der Waals surface area contributed by atoms with Crippen LogP contribution in [0.5, 0.6) is 0 Å². The van der Waals surface area contributed by atoms with E-state index in [0.29, 0.717) is 50.4 Å². The van der Waals surface area contributed by atoms with Gasteiger partial charge in [-0.1, -0.05) is 42.5 Å². The predicted molar refractivity (Wildman–Crippen MR) is 123 cm³/mol. The SMILES string of the molecule is CC(C)(C)OC(=O)N1CCCN(C(=O)[C@@H]2C(=S)CCN2C(=O)OCc2ccccc2)CC1. The highest BCUT2D eigenvalue weighted by molar-refractivity contribution is 7.80. The molecule has 0 aliphatic carbocycles. The van der Waals surface area contributed by atoms with Gasteiger partial charge in [-0.2, -0.15) is 0 Å². The number of hydrogen-bond acceptors (Lipinski definition) is 6. The summed E-state index contributed by atoms with van der Waals surface area (Å²) in [6, 6.07) is 8.59. The van der Waals surface area contributed by atoms with Crippen LogP contribution in [0.1, 0.15) is 39.2 Å². The summed E-state index contributed by atoms with van der Waals surface area (Å²) in [4.78, 5) is 43.7. The lowest BCUT2D eigenvalue weighted by atomic mass is 10.2. The molecule has 0 radical (unpaired) electrons. The van der Waals surface area contributed by atoms with Gasteiger partial charge in [0.2, 0.25) is 0 Å². The Morgan fingerprint density at radius 1 is 0.969 bits per heavy atom. The van der Waals surface area contributed by atoms with E-state index in [1.165, 1.54) is 4.90 Å². The van der Waals surface area contributed by atoms with Gasteiger partial charge in [0.05, 0.1) is 0 Å². The van der Waals surface area contributed by atoms with Crippen LogP contribution >= 0.6 is 12.2 Å². The fourth-order valence-corrected chi connectivity index (χ4v) is 4.08. The van der Waals surface area contributed by atoms with Gasteiger partial charge < -0.3 is 19.3 Å². The fourth-order valence-electron chi connectivity index (χ4n) is 3.76. The highest BCUT2D eigenvalue weighted by Crippen LogP contribution is 2.21. The molecule has 9 heteroatoms. The van der Waals surface area contributed by atoms with E-state index in [1.54, 1.807) is 9.80 Å². The molecule has 0 aromatic heterocycles. The maximum absolute atomic E-state index is 13.3. The molecule has 0 spiro atoms. The summed E-state index contributed by atoms with van der Waals surface area (Å²) in [5, 5.41) is 0. The van der Waals surface area contributed by atoms with Crippen LogP contribution in [0.4, 0.5) is 9.59 Å². The molecule has 1 aromatic rings. The minimum atomic E-state index is -0.804. The first-order chi connectivity index (χ1) is 15.2. The van der Waals surface area contributed by atoms with Crippen molar-refractivity contribution in [2.24, 2.45) is 0 Å². The lowest BCUT2D eigenvalue weighted by Gasteiger charge is -2.29. The third-order valence-electron chi connectivity index (χ3n) is 5.35. The van der Waals surface area contributed by atoms with Crippen molar-refractivity contribution in [3.63, 3.8) is 0 Å². The summed E-state index contributed by atoms with van der Waals surface area (Å²) in [7, 11) is 0. The van der Waals surface area contributed by atoms with Crippen LogP contribution in [-0.2, 0) is 20.9 Å². The van der Waals surface area contributed by atoms with Gasteiger partial charge in [0.15, 0.2) is 0 Å². The third kappa shape index (κ3) is 6.18. The quantitative estimate of drug-likeness (QED) is 0.643. The zero-order valence-electron chi connectivity index (χ0n) is 18.9. The monoisotopic (exact) mass is 461 g/mol. The molecule has 174 valence electrons. The highest BCUT2D eigenvalue weighted by Gasteiger charge is 2.41. The Morgan fingerprint density at radius 2 is 1.62 bits per heavy atom. The molecule has 3 amide bonds. The van der Waals surface area contributed by atoms with E-state index < -0.39 is 17.7 Å². The molecule has 1 atom stereocenters. The van der Waals surface area contributed by atoms with Crippen LogP contribution in [0.3, 0.4) is 0 Å². The molecule has 2 aliphatic rings. The Hall–Kier alpha value is -2.68. The molecule has 2 heterocycles. The lowest BCUT2D eigenvalue weighted by Crippen LogP contribution is -2.51. The Kier molecular flexibility index (Phi) is 7.71. The molecule has 0 saturated carbocycles. The predicted octanol–water partition coefficient (Wildman–Crippen LogP) is 3.24. The van der Waals surface area contributed by atoms with E-state index in [2.05, 4.69) is 0 Å². The van der Waals surface area contributed by atoms with Crippen molar-refractivity contribution in [3.8, 4) is 0 Å². The minimum absolute atomic E-state index is 0.137. The summed E-state index contributed by atoms with van der Waals surface area (Å²) < 4.78 is 10.9. The maximum atomic E-state index is 13.3. The summed E-state index contributed by atoms with van der Waals surface area (Å²) in [5.74, 6) is -0.213. The van der Waals surface area contributed by atoms with Gasteiger partial charge in [-0.25, -0.2) is 9.59 Å². The average Bonchev–Trinajstić information content (AvgIpc) is 2.96. The molecular formula is C23H31N3O5S. The van der Waals surface area contributed by atoms with Crippen LogP contribution in [-0.4, -0.2) is 82.0 Å². The molecule has 2 saturated heterocycles. The largest absolute Gasteiger partial charge is 0.445 e. The number of rotatable bonds is 3. The van der Waals surface area contributed by atoms with Gasteiger partial charge in [0.1, 0.15) is 18.2 Å². The van der Waals surface area contributed by atoms with Crippen molar-refractivity contribution >= 4 is 35.2 Å². The number of hydrogen-bond donors (Lipinski definition) is 0. The number of amides is 3. The Morgan fingerprint density at radius 3 is 2.31 bits per heavy atom. The summed E-state index contributed by atoms with van der Waals surface area (Å²) in [5.41, 5.74) is 0.301. The van der Waals surface area contributed by atoms with Crippen LogP contribution in [0, 0.1) is 0 Å². The van der Waals surface area contributed by atoms with Crippen LogP contribution in [0.25, 0.3) is 0 Å². The van der Waals surface area contributed by atoms with Gasteiger partial charge in [-0.05, 0) is 39.2 Å². The first-order valence-electron chi connectivity index (χ1n) is 10.9. The number of likely N-dealkylation sites (tertiary alicyclic amines) is 1. The fraction of sp³-hybridized carbons (Fsp3) is 0.565. The van der Waals surface area contributed by atoms with Crippen molar-refractivity contribution in [1.82, 2.24) is 14.7 Å². The van der Waals surface area contributed by atoms with Crippen molar-refractivity contribution in [2.75, 3.05) is 32.7 Å². The van der Waals surface area contributed by atoms with Gasteiger partial charge in [0.25, 0.3) is 5.91 Å². The second-order valence-corrected chi connectivity index (χ2v) is 9.52. The molecule has 0 N–H and O–H groups in total. The summed E-state index contributed by atoms with van der Waals surface area (Å²) >= 11 is 5.44. The third-order valence-corrected chi connectivity index (χ3v) is 5.78. The summed E-state index contributed by atoms with van der Waals surface area (Å²) in [6.45, 7) is 7.71. The van der Waals surface area contributed by atoms with E-state index in [9.17, 15) is 14.4 Å². The molecule has 2 aliphatic heterocycles. The smallest absolute Gasteiger partial charge is 0.411 e. The zero-order chi connectivity index (χ0) is 23.3. The van der Waals surface area contributed by atoms with E-state index in [4.69, 9.17) is 21.7 Å². The van der Waals surface area contributed by atoms with Gasteiger partial charge in [0, 0.05) is 37.6 Å². The topological polar surface area (TPSA) is 79.4 Å². The van der Waals surface area contributed by atoms with Gasteiger partial charge >= 0.3 is 12.2 Å². The number of thiocarbonyl (C=S) groups is 1. The number of carbonyl (C=O) groups excluding carboxylic acids is 3. The van der Waals surface area contributed by atoms with Gasteiger partial charge in [-0.15, -0.1) is 0 Å². The molecule has 0 unspecified atom stereocenters. The summed E-state index contributed by atoms with van der Waals surface area (Å²) in [6.07, 6.45) is 0.194. The Labute approximate surface area is 194 Å². The lowest BCUT2D eigenvalue weighted by molar-refractivity contribution is -0.133. The van der Waals surface area contributed by atoms with Crippen molar-refractivity contribution < 1.29 is 23.9 Å². The second-order valence-electron chi connectivity index (χ2n) is 9.00. The second kappa shape index (κ2) is 10.3. The molecular weight excluding hydrogens is 430 g/mol. The maximum Gasteiger partial charge on any atom is 0.411 e. The standard InChI is InChI=1S/C23H31N3O5S/c1-23(2,3)31-21(28)25-12-7-11-24(14-15-25)20(27)19-18(32)10-13-26(19)22(29)30-16-17-8-5-4-6-9-17/h4-6,8-9,19H,7,10-16H2,1-3H3/t19-/m0/s1. The highest BCUT2D eigenvalue weighted by atomic mass is 32.1. The zero-order valence-corrected chi connectivity index (χ0v) is 19.7. The first kappa shape index (κ1) is 24.0. The van der Waals surface area contributed by atoms with E-state index in [1.807, 2.05) is 51.1 Å². The van der Waals surface area contributed by atoms with Crippen LogP contribution in [0.2, 0.25) is 0 Å². The Balaban J connectivity index is 1.60. The van der Waals surface area contributed by atoms with E-state index in [-0.39, 0.29) is 18.6 Å². The van der Waals surface area contributed by atoms with E-state index >= 15 is 0 Å². The minimum Gasteiger partial charge on any atom is -0.445 e. The van der Waals surface area contributed by atoms with Crippen molar-refractivity contribution in [1.29, 1.82) is 0 Å². The Bertz CT molecular complexity index is 855. The van der Waals surface area contributed by atoms with Crippen molar-refractivity contribution in [3.05, 3.63) is 35.9 Å². The van der Waals surface area contributed by atoms with Crippen LogP contribution in [0.15, 0.2) is 30.3 Å². The number of ether oxygens (including phenoxy) is 2.